The number of piperazine rings is 1. The van der Waals surface area contributed by atoms with E-state index in [4.69, 9.17) is 0 Å². The molecule has 10 heteroatoms. The second kappa shape index (κ2) is 9.52. The van der Waals surface area contributed by atoms with Crippen LogP contribution < -0.4 is 9.62 Å². The first-order chi connectivity index (χ1) is 16.3. The zero-order valence-corrected chi connectivity index (χ0v) is 19.4. The van der Waals surface area contributed by atoms with E-state index in [9.17, 15) is 23.3 Å². The summed E-state index contributed by atoms with van der Waals surface area (Å²) in [7, 11) is -3.79. The molecule has 1 saturated heterocycles. The molecule has 1 aliphatic rings. The van der Waals surface area contributed by atoms with E-state index in [1.807, 2.05) is 24.0 Å². The smallest absolute Gasteiger partial charge is 0.292 e. The first kappa shape index (κ1) is 23.2. The molecule has 0 aliphatic carbocycles. The molecule has 0 unspecified atom stereocenters. The van der Waals surface area contributed by atoms with Crippen LogP contribution in [0.3, 0.4) is 0 Å². The Hall–Kier alpha value is -3.92. The first-order valence-electron chi connectivity index (χ1n) is 10.7. The monoisotopic (exact) mass is 480 g/mol. The summed E-state index contributed by atoms with van der Waals surface area (Å²) in [5.41, 5.74) is 2.26. The summed E-state index contributed by atoms with van der Waals surface area (Å²) in [4.78, 5) is 27.5. The topological polar surface area (TPSA) is 113 Å². The zero-order chi connectivity index (χ0) is 24.3. The van der Waals surface area contributed by atoms with Crippen LogP contribution in [0.2, 0.25) is 0 Å². The number of nitro benzene ring substituents is 1. The van der Waals surface area contributed by atoms with Crippen molar-refractivity contribution in [1.29, 1.82) is 0 Å². The molecule has 4 rings (SSSR count). The fourth-order valence-electron chi connectivity index (χ4n) is 3.89. The molecule has 1 amide bonds. The zero-order valence-electron chi connectivity index (χ0n) is 18.5. The van der Waals surface area contributed by atoms with Gasteiger partial charge in [0, 0.05) is 37.8 Å². The van der Waals surface area contributed by atoms with Crippen LogP contribution in [0.5, 0.6) is 0 Å². The van der Waals surface area contributed by atoms with Gasteiger partial charge >= 0.3 is 0 Å². The maximum Gasteiger partial charge on any atom is 0.292 e. The number of nitro groups is 1. The number of amides is 1. The van der Waals surface area contributed by atoms with Crippen molar-refractivity contribution in [2.45, 2.75) is 11.8 Å². The van der Waals surface area contributed by atoms with Gasteiger partial charge in [0.2, 0.25) is 0 Å². The second-order valence-corrected chi connectivity index (χ2v) is 9.65. The highest BCUT2D eigenvalue weighted by molar-refractivity contribution is 7.92. The Morgan fingerprint density at radius 2 is 1.53 bits per heavy atom. The van der Waals surface area contributed by atoms with E-state index >= 15 is 0 Å². The van der Waals surface area contributed by atoms with E-state index in [1.165, 1.54) is 30.3 Å². The summed E-state index contributed by atoms with van der Waals surface area (Å²) in [6.45, 7) is 3.54. The molecule has 1 heterocycles. The molecule has 1 fully saturated rings. The third-order valence-electron chi connectivity index (χ3n) is 5.79. The van der Waals surface area contributed by atoms with Gasteiger partial charge in [0.1, 0.15) is 5.69 Å². The minimum Gasteiger partial charge on any atom is -0.362 e. The van der Waals surface area contributed by atoms with E-state index < -0.39 is 14.9 Å². The lowest BCUT2D eigenvalue weighted by Crippen LogP contribution is -2.49. The number of carbonyl (C=O) groups is 1. The van der Waals surface area contributed by atoms with Crippen molar-refractivity contribution in [2.75, 3.05) is 35.8 Å². The minimum absolute atomic E-state index is 0.0402. The summed E-state index contributed by atoms with van der Waals surface area (Å²) in [6, 6.07) is 19.5. The van der Waals surface area contributed by atoms with Crippen LogP contribution >= 0.6 is 0 Å². The molecule has 3 aromatic carbocycles. The number of anilines is 2. The van der Waals surface area contributed by atoms with Gasteiger partial charge < -0.3 is 9.80 Å². The third kappa shape index (κ3) is 4.86. The molecular formula is C24H24N4O5S. The molecule has 0 bridgehead atoms. The SMILES string of the molecule is Cc1ccccc1NS(=O)(=O)c1ccc(C(=O)N2CCN(c3ccccc3[N+](=O)[O-])CC2)cc1. The molecule has 176 valence electrons. The van der Waals surface area contributed by atoms with Crippen molar-refractivity contribution >= 4 is 33.0 Å². The molecule has 1 N–H and O–H groups in total. The average Bonchev–Trinajstić information content (AvgIpc) is 2.85. The fourth-order valence-corrected chi connectivity index (χ4v) is 5.02. The van der Waals surface area contributed by atoms with Crippen molar-refractivity contribution in [3.8, 4) is 0 Å². The normalized spacial score (nSPS) is 14.0. The van der Waals surface area contributed by atoms with Gasteiger partial charge in [-0.25, -0.2) is 8.42 Å². The summed E-state index contributed by atoms with van der Waals surface area (Å²) in [5.74, 6) is -0.210. The number of para-hydroxylation sites is 3. The van der Waals surface area contributed by atoms with Crippen LogP contribution in [-0.4, -0.2) is 50.3 Å². The number of benzene rings is 3. The van der Waals surface area contributed by atoms with Crippen LogP contribution in [0.25, 0.3) is 0 Å². The van der Waals surface area contributed by atoms with Gasteiger partial charge in [0.15, 0.2) is 0 Å². The number of sulfonamides is 1. The van der Waals surface area contributed by atoms with Gasteiger partial charge in [0.25, 0.3) is 21.6 Å². The van der Waals surface area contributed by atoms with Gasteiger partial charge in [-0.15, -0.1) is 0 Å². The summed E-state index contributed by atoms with van der Waals surface area (Å²) in [6.07, 6.45) is 0. The average molecular weight is 481 g/mol. The Morgan fingerprint density at radius 1 is 0.912 bits per heavy atom. The molecule has 1 aliphatic heterocycles. The van der Waals surface area contributed by atoms with E-state index in [2.05, 4.69) is 4.72 Å². The number of nitrogens with zero attached hydrogens (tertiary/aromatic N) is 3. The number of aryl methyl sites for hydroxylation is 1. The highest BCUT2D eigenvalue weighted by Crippen LogP contribution is 2.28. The Bertz CT molecular complexity index is 1320. The predicted molar refractivity (Wildman–Crippen MR) is 130 cm³/mol. The molecular weight excluding hydrogens is 456 g/mol. The Labute approximate surface area is 197 Å². The van der Waals surface area contributed by atoms with Crippen molar-refractivity contribution in [3.05, 3.63) is 94.0 Å². The minimum atomic E-state index is -3.79. The van der Waals surface area contributed by atoms with Crippen LogP contribution in [0, 0.1) is 17.0 Å². The number of carbonyl (C=O) groups excluding carboxylic acids is 1. The van der Waals surface area contributed by atoms with Gasteiger partial charge in [0.05, 0.1) is 15.5 Å². The second-order valence-electron chi connectivity index (χ2n) is 7.97. The number of hydrogen-bond acceptors (Lipinski definition) is 6. The van der Waals surface area contributed by atoms with Crippen molar-refractivity contribution in [1.82, 2.24) is 4.90 Å². The van der Waals surface area contributed by atoms with E-state index in [1.54, 1.807) is 35.2 Å². The Kier molecular flexibility index (Phi) is 6.51. The van der Waals surface area contributed by atoms with Gasteiger partial charge in [-0.2, -0.15) is 0 Å². The molecule has 0 atom stereocenters. The lowest BCUT2D eigenvalue weighted by atomic mass is 10.1. The first-order valence-corrected chi connectivity index (χ1v) is 12.2. The predicted octanol–water partition coefficient (Wildman–Crippen LogP) is 3.67. The van der Waals surface area contributed by atoms with Gasteiger partial charge in [-0.05, 0) is 48.9 Å². The molecule has 0 aromatic heterocycles. The lowest BCUT2D eigenvalue weighted by molar-refractivity contribution is -0.384. The third-order valence-corrected chi connectivity index (χ3v) is 7.17. The highest BCUT2D eigenvalue weighted by Gasteiger charge is 2.26. The van der Waals surface area contributed by atoms with Crippen molar-refractivity contribution in [3.63, 3.8) is 0 Å². The van der Waals surface area contributed by atoms with Crippen molar-refractivity contribution < 1.29 is 18.1 Å². The number of nitrogens with one attached hydrogen (secondary N) is 1. The highest BCUT2D eigenvalue weighted by atomic mass is 32.2. The fraction of sp³-hybridized carbons (Fsp3) is 0.208. The van der Waals surface area contributed by atoms with Crippen LogP contribution in [0.4, 0.5) is 17.1 Å². The Balaban J connectivity index is 1.42. The summed E-state index contributed by atoms with van der Waals surface area (Å²) in [5, 5.41) is 11.3. The quantitative estimate of drug-likeness (QED) is 0.426. The van der Waals surface area contributed by atoms with Gasteiger partial charge in [-0.1, -0.05) is 30.3 Å². The van der Waals surface area contributed by atoms with E-state index in [-0.39, 0.29) is 16.5 Å². The largest absolute Gasteiger partial charge is 0.362 e. The van der Waals surface area contributed by atoms with Crippen LogP contribution in [-0.2, 0) is 10.0 Å². The Morgan fingerprint density at radius 3 is 2.18 bits per heavy atom. The molecule has 0 spiro atoms. The summed E-state index contributed by atoms with van der Waals surface area (Å²) >= 11 is 0. The molecule has 9 nitrogen and oxygen atoms in total. The van der Waals surface area contributed by atoms with Crippen LogP contribution in [0.1, 0.15) is 15.9 Å². The van der Waals surface area contributed by atoms with E-state index in [0.717, 1.165) is 5.56 Å². The molecule has 3 aromatic rings. The van der Waals surface area contributed by atoms with Gasteiger partial charge in [-0.3, -0.25) is 19.6 Å². The van der Waals surface area contributed by atoms with Crippen molar-refractivity contribution in [2.24, 2.45) is 0 Å². The maximum absolute atomic E-state index is 12.9. The lowest BCUT2D eigenvalue weighted by Gasteiger charge is -2.35. The standard InChI is InChI=1S/C24H24N4O5S/c1-18-6-2-3-7-21(18)25-34(32,33)20-12-10-19(11-13-20)24(29)27-16-14-26(15-17-27)22-8-4-5-9-23(22)28(30)31/h2-13,25H,14-17H2,1H3. The number of hydrogen-bond donors (Lipinski definition) is 1. The molecule has 0 radical (unpaired) electrons. The van der Waals surface area contributed by atoms with E-state index in [0.29, 0.717) is 43.1 Å². The van der Waals surface area contributed by atoms with Crippen LogP contribution in [0.15, 0.2) is 77.7 Å². The maximum atomic E-state index is 12.9. The summed E-state index contributed by atoms with van der Waals surface area (Å²) < 4.78 is 28.0. The number of rotatable bonds is 6. The molecule has 34 heavy (non-hydrogen) atoms. The molecule has 0 saturated carbocycles.